The lowest BCUT2D eigenvalue weighted by atomic mass is 10.1. The summed E-state index contributed by atoms with van der Waals surface area (Å²) >= 11 is 0. The molecular formula is C8H17NO2. The van der Waals surface area contributed by atoms with Crippen LogP contribution >= 0.6 is 0 Å². The van der Waals surface area contributed by atoms with Gasteiger partial charge in [0, 0.05) is 0 Å². The summed E-state index contributed by atoms with van der Waals surface area (Å²) in [6.07, 6.45) is 1.01. The molecule has 0 bridgehead atoms. The molecule has 0 aromatic rings. The second-order valence-corrected chi connectivity index (χ2v) is 3.04. The number of ether oxygens (including phenoxy) is 1. The first-order chi connectivity index (χ1) is 5.04. The van der Waals surface area contributed by atoms with Gasteiger partial charge in [-0.3, -0.25) is 4.79 Å². The fourth-order valence-electron chi connectivity index (χ4n) is 0.765. The first-order valence-electron chi connectivity index (χ1n) is 3.88. The van der Waals surface area contributed by atoms with Crippen LogP contribution < -0.4 is 5.32 Å². The predicted octanol–water partition coefficient (Wildman–Crippen LogP) is 0.938. The number of esters is 1. The highest BCUT2D eigenvalue weighted by molar-refractivity contribution is 5.79. The zero-order valence-corrected chi connectivity index (χ0v) is 7.73. The summed E-state index contributed by atoms with van der Waals surface area (Å²) < 4.78 is 4.61. The molecule has 0 aromatic heterocycles. The van der Waals surface area contributed by atoms with Crippen molar-refractivity contribution in [2.75, 3.05) is 13.7 Å². The van der Waals surface area contributed by atoms with E-state index in [9.17, 15) is 4.79 Å². The van der Waals surface area contributed by atoms with Gasteiger partial charge in [-0.05, 0) is 26.8 Å². The molecule has 0 heterocycles. The molecule has 0 radical (unpaired) electrons. The largest absolute Gasteiger partial charge is 0.468 e. The monoisotopic (exact) mass is 159 g/mol. The van der Waals surface area contributed by atoms with Crippen LogP contribution in [0.15, 0.2) is 0 Å². The summed E-state index contributed by atoms with van der Waals surface area (Å²) in [5.74, 6) is -0.217. The minimum Gasteiger partial charge on any atom is -0.468 e. The van der Waals surface area contributed by atoms with Crippen molar-refractivity contribution in [1.29, 1.82) is 0 Å². The van der Waals surface area contributed by atoms with Gasteiger partial charge < -0.3 is 10.1 Å². The molecule has 3 heteroatoms. The van der Waals surface area contributed by atoms with Crippen molar-refractivity contribution >= 4 is 5.97 Å². The zero-order valence-electron chi connectivity index (χ0n) is 7.73. The van der Waals surface area contributed by atoms with Crippen LogP contribution in [0.3, 0.4) is 0 Å². The molecule has 0 saturated carbocycles. The average Bonchev–Trinajstić information content (AvgIpc) is 1.99. The number of carbonyl (C=O) groups is 1. The van der Waals surface area contributed by atoms with E-state index in [0.29, 0.717) is 0 Å². The lowest BCUT2D eigenvalue weighted by Gasteiger charge is -2.22. The molecule has 0 saturated heterocycles. The molecule has 0 rings (SSSR count). The molecule has 66 valence electrons. The van der Waals surface area contributed by atoms with E-state index in [1.54, 1.807) is 0 Å². The van der Waals surface area contributed by atoms with E-state index in [1.165, 1.54) is 7.11 Å². The van der Waals surface area contributed by atoms with Gasteiger partial charge in [0.25, 0.3) is 0 Å². The van der Waals surface area contributed by atoms with Gasteiger partial charge in [-0.1, -0.05) is 6.92 Å². The first kappa shape index (κ1) is 10.4. The summed E-state index contributed by atoms with van der Waals surface area (Å²) in [5, 5.41) is 3.08. The lowest BCUT2D eigenvalue weighted by Crippen LogP contribution is -2.47. The second-order valence-electron chi connectivity index (χ2n) is 3.04. The predicted molar refractivity (Wildman–Crippen MR) is 44.4 cm³/mol. The Morgan fingerprint density at radius 1 is 1.55 bits per heavy atom. The third-order valence-electron chi connectivity index (χ3n) is 1.51. The Bertz CT molecular complexity index is 132. The van der Waals surface area contributed by atoms with Gasteiger partial charge in [-0.15, -0.1) is 0 Å². The third kappa shape index (κ3) is 3.37. The fraction of sp³-hybridized carbons (Fsp3) is 0.875. The lowest BCUT2D eigenvalue weighted by molar-refractivity contribution is -0.147. The van der Waals surface area contributed by atoms with Crippen molar-refractivity contribution in [3.8, 4) is 0 Å². The molecule has 0 aliphatic carbocycles. The number of hydrogen-bond donors (Lipinski definition) is 1. The molecule has 0 amide bonds. The summed E-state index contributed by atoms with van der Waals surface area (Å²) in [4.78, 5) is 11.1. The van der Waals surface area contributed by atoms with Gasteiger partial charge in [0.1, 0.15) is 5.54 Å². The van der Waals surface area contributed by atoms with Gasteiger partial charge in [0.2, 0.25) is 0 Å². The van der Waals surface area contributed by atoms with E-state index in [4.69, 9.17) is 0 Å². The smallest absolute Gasteiger partial charge is 0.325 e. The Hall–Kier alpha value is -0.570. The van der Waals surface area contributed by atoms with Crippen LogP contribution in [0.2, 0.25) is 0 Å². The Morgan fingerprint density at radius 2 is 2.09 bits per heavy atom. The van der Waals surface area contributed by atoms with E-state index in [1.807, 2.05) is 13.8 Å². The number of nitrogens with one attached hydrogen (secondary N) is 1. The van der Waals surface area contributed by atoms with E-state index in [2.05, 4.69) is 17.0 Å². The standard InChI is InChI=1S/C8H17NO2/c1-5-6-9-8(2,3)7(10)11-4/h9H,5-6H2,1-4H3. The number of carbonyl (C=O) groups excluding carboxylic acids is 1. The molecule has 0 spiro atoms. The summed E-state index contributed by atoms with van der Waals surface area (Å²) in [5.41, 5.74) is -0.551. The van der Waals surface area contributed by atoms with Gasteiger partial charge >= 0.3 is 5.97 Å². The van der Waals surface area contributed by atoms with E-state index < -0.39 is 5.54 Å². The van der Waals surface area contributed by atoms with Crippen molar-refractivity contribution in [3.63, 3.8) is 0 Å². The van der Waals surface area contributed by atoms with E-state index in [-0.39, 0.29) is 5.97 Å². The number of hydrogen-bond acceptors (Lipinski definition) is 3. The second kappa shape index (κ2) is 4.34. The summed E-state index contributed by atoms with van der Waals surface area (Å²) in [7, 11) is 1.40. The van der Waals surface area contributed by atoms with E-state index >= 15 is 0 Å². The Morgan fingerprint density at radius 3 is 2.45 bits per heavy atom. The minimum absolute atomic E-state index is 0.217. The van der Waals surface area contributed by atoms with Crippen LogP contribution in [0.5, 0.6) is 0 Å². The topological polar surface area (TPSA) is 38.3 Å². The Kier molecular flexibility index (Phi) is 4.11. The SMILES string of the molecule is CCCNC(C)(C)C(=O)OC. The van der Waals surface area contributed by atoms with Crippen LogP contribution in [-0.4, -0.2) is 25.2 Å². The molecule has 0 unspecified atom stereocenters. The highest BCUT2D eigenvalue weighted by atomic mass is 16.5. The molecule has 0 aliphatic rings. The van der Waals surface area contributed by atoms with Gasteiger partial charge in [0.15, 0.2) is 0 Å². The molecule has 0 aliphatic heterocycles. The van der Waals surface area contributed by atoms with Crippen molar-refractivity contribution < 1.29 is 9.53 Å². The normalized spacial score (nSPS) is 11.3. The zero-order chi connectivity index (χ0) is 8.91. The maximum absolute atomic E-state index is 11.1. The molecule has 0 aromatic carbocycles. The van der Waals surface area contributed by atoms with E-state index in [0.717, 1.165) is 13.0 Å². The highest BCUT2D eigenvalue weighted by Crippen LogP contribution is 2.03. The van der Waals surface area contributed by atoms with Crippen LogP contribution in [0.4, 0.5) is 0 Å². The van der Waals surface area contributed by atoms with Crippen molar-refractivity contribution in [2.24, 2.45) is 0 Å². The molecule has 0 atom stereocenters. The first-order valence-corrected chi connectivity index (χ1v) is 3.88. The maximum Gasteiger partial charge on any atom is 0.325 e. The van der Waals surface area contributed by atoms with Gasteiger partial charge in [-0.2, -0.15) is 0 Å². The maximum atomic E-state index is 11.1. The summed E-state index contributed by atoms with van der Waals surface area (Å²) in [6, 6.07) is 0. The Balaban J connectivity index is 3.88. The molecule has 3 nitrogen and oxygen atoms in total. The number of methoxy groups -OCH3 is 1. The minimum atomic E-state index is -0.551. The van der Waals surface area contributed by atoms with Crippen LogP contribution in [0.25, 0.3) is 0 Å². The third-order valence-corrected chi connectivity index (χ3v) is 1.51. The number of rotatable bonds is 4. The van der Waals surface area contributed by atoms with Crippen LogP contribution in [-0.2, 0) is 9.53 Å². The molecule has 1 N–H and O–H groups in total. The molecule has 11 heavy (non-hydrogen) atoms. The van der Waals surface area contributed by atoms with Crippen molar-refractivity contribution in [2.45, 2.75) is 32.7 Å². The van der Waals surface area contributed by atoms with Crippen LogP contribution in [0, 0.1) is 0 Å². The van der Waals surface area contributed by atoms with Crippen molar-refractivity contribution in [1.82, 2.24) is 5.32 Å². The Labute approximate surface area is 68.1 Å². The molecular weight excluding hydrogens is 142 g/mol. The molecule has 0 fully saturated rings. The fourth-order valence-corrected chi connectivity index (χ4v) is 0.765. The van der Waals surface area contributed by atoms with Crippen LogP contribution in [0.1, 0.15) is 27.2 Å². The van der Waals surface area contributed by atoms with Gasteiger partial charge in [-0.25, -0.2) is 0 Å². The van der Waals surface area contributed by atoms with Gasteiger partial charge in [0.05, 0.1) is 7.11 Å². The average molecular weight is 159 g/mol. The highest BCUT2D eigenvalue weighted by Gasteiger charge is 2.26. The summed E-state index contributed by atoms with van der Waals surface area (Å²) in [6.45, 7) is 6.52. The quantitative estimate of drug-likeness (QED) is 0.620. The van der Waals surface area contributed by atoms with Crippen molar-refractivity contribution in [3.05, 3.63) is 0 Å².